The Bertz CT molecular complexity index is 640. The van der Waals surface area contributed by atoms with Gasteiger partial charge in [0, 0.05) is 17.6 Å². The third kappa shape index (κ3) is 1.98. The van der Waals surface area contributed by atoms with E-state index in [0.29, 0.717) is 0 Å². The Morgan fingerprint density at radius 3 is 2.79 bits per heavy atom. The van der Waals surface area contributed by atoms with Crippen molar-refractivity contribution in [2.24, 2.45) is 0 Å². The smallest absolute Gasteiger partial charge is 0.143 e. The highest BCUT2D eigenvalue weighted by molar-refractivity contribution is 6.30. The molecule has 4 heteroatoms. The number of anilines is 1. The Morgan fingerprint density at radius 2 is 2.05 bits per heavy atom. The number of hydrogen-bond acceptors (Lipinski definition) is 2. The molecular formula is C15H14ClFN2. The standard InChI is InChI=1S/C15H14ClFN2/c1-15(2)14-5-11(16)4-3-10(14)9-19(15)13-6-12(17)7-18-8-13/h3-8H,9H2,1-2H3. The second kappa shape index (κ2) is 4.20. The molecule has 0 spiro atoms. The largest absolute Gasteiger partial charge is 0.357 e. The van der Waals surface area contributed by atoms with Crippen molar-refractivity contribution in [3.8, 4) is 0 Å². The fourth-order valence-corrected chi connectivity index (χ4v) is 2.90. The molecule has 2 nitrogen and oxygen atoms in total. The van der Waals surface area contributed by atoms with Gasteiger partial charge in [-0.1, -0.05) is 17.7 Å². The number of aromatic nitrogens is 1. The molecule has 98 valence electrons. The Morgan fingerprint density at radius 1 is 1.26 bits per heavy atom. The first-order valence-electron chi connectivity index (χ1n) is 6.15. The quantitative estimate of drug-likeness (QED) is 0.778. The van der Waals surface area contributed by atoms with Crippen molar-refractivity contribution in [3.05, 3.63) is 58.6 Å². The number of fused-ring (bicyclic) bond motifs is 1. The Labute approximate surface area is 116 Å². The summed E-state index contributed by atoms with van der Waals surface area (Å²) in [5.41, 5.74) is 2.97. The average molecular weight is 277 g/mol. The molecule has 19 heavy (non-hydrogen) atoms. The van der Waals surface area contributed by atoms with E-state index in [1.807, 2.05) is 18.2 Å². The molecule has 0 saturated heterocycles. The van der Waals surface area contributed by atoms with Crippen molar-refractivity contribution in [3.63, 3.8) is 0 Å². The molecule has 1 aromatic carbocycles. The Balaban J connectivity index is 2.08. The van der Waals surface area contributed by atoms with Gasteiger partial charge in [-0.05, 0) is 37.1 Å². The van der Waals surface area contributed by atoms with Gasteiger partial charge in [0.2, 0.25) is 0 Å². The van der Waals surface area contributed by atoms with Crippen molar-refractivity contribution in [2.45, 2.75) is 25.9 Å². The molecule has 0 bridgehead atoms. The molecule has 2 aromatic rings. The van der Waals surface area contributed by atoms with Crippen LogP contribution < -0.4 is 4.90 Å². The van der Waals surface area contributed by atoms with E-state index >= 15 is 0 Å². The molecule has 0 N–H and O–H groups in total. The average Bonchev–Trinajstić information content (AvgIpc) is 2.61. The van der Waals surface area contributed by atoms with Gasteiger partial charge >= 0.3 is 0 Å². The van der Waals surface area contributed by atoms with Gasteiger partial charge in [-0.25, -0.2) is 4.39 Å². The Kier molecular flexibility index (Phi) is 2.75. The molecule has 0 amide bonds. The number of nitrogens with zero attached hydrogens (tertiary/aromatic N) is 2. The van der Waals surface area contributed by atoms with Crippen molar-refractivity contribution >= 4 is 17.3 Å². The minimum absolute atomic E-state index is 0.226. The topological polar surface area (TPSA) is 16.1 Å². The zero-order valence-electron chi connectivity index (χ0n) is 10.8. The van der Waals surface area contributed by atoms with Crippen LogP contribution in [0.3, 0.4) is 0 Å². The second-order valence-corrected chi connectivity index (χ2v) is 5.74. The van der Waals surface area contributed by atoms with Crippen molar-refractivity contribution in [2.75, 3.05) is 4.90 Å². The molecule has 2 heterocycles. The van der Waals surface area contributed by atoms with Gasteiger partial charge in [0.25, 0.3) is 0 Å². The van der Waals surface area contributed by atoms with Gasteiger partial charge in [-0.3, -0.25) is 4.98 Å². The summed E-state index contributed by atoms with van der Waals surface area (Å²) < 4.78 is 13.4. The van der Waals surface area contributed by atoms with Gasteiger partial charge in [-0.2, -0.15) is 0 Å². The molecule has 1 aromatic heterocycles. The van der Waals surface area contributed by atoms with E-state index in [0.717, 1.165) is 17.3 Å². The normalized spacial score (nSPS) is 16.5. The number of benzene rings is 1. The van der Waals surface area contributed by atoms with Crippen LogP contribution in [0, 0.1) is 5.82 Å². The highest BCUT2D eigenvalue weighted by Gasteiger charge is 2.37. The van der Waals surface area contributed by atoms with Crippen LogP contribution in [0.1, 0.15) is 25.0 Å². The van der Waals surface area contributed by atoms with Crippen molar-refractivity contribution in [1.29, 1.82) is 0 Å². The lowest BCUT2D eigenvalue weighted by molar-refractivity contribution is 0.516. The summed E-state index contributed by atoms with van der Waals surface area (Å²) in [5, 5.41) is 0.728. The van der Waals surface area contributed by atoms with E-state index in [2.05, 4.69) is 23.7 Å². The van der Waals surface area contributed by atoms with E-state index in [1.165, 1.54) is 23.4 Å². The van der Waals surface area contributed by atoms with Gasteiger partial charge in [-0.15, -0.1) is 0 Å². The van der Waals surface area contributed by atoms with Crippen molar-refractivity contribution < 1.29 is 4.39 Å². The van der Waals surface area contributed by atoms with Crippen LogP contribution in [-0.2, 0) is 12.1 Å². The maximum absolute atomic E-state index is 13.4. The summed E-state index contributed by atoms with van der Waals surface area (Å²) in [6, 6.07) is 7.43. The molecule has 3 rings (SSSR count). The van der Waals surface area contributed by atoms with Crippen LogP contribution in [0.4, 0.5) is 10.1 Å². The van der Waals surface area contributed by atoms with E-state index in [4.69, 9.17) is 11.6 Å². The predicted molar refractivity (Wildman–Crippen MR) is 74.9 cm³/mol. The first kappa shape index (κ1) is 12.4. The molecule has 0 saturated carbocycles. The van der Waals surface area contributed by atoms with Crippen LogP contribution >= 0.6 is 11.6 Å². The third-order valence-corrected chi connectivity index (χ3v) is 3.97. The number of pyridine rings is 1. The zero-order chi connectivity index (χ0) is 13.6. The lowest BCUT2D eigenvalue weighted by atomic mass is 9.93. The van der Waals surface area contributed by atoms with Crippen LogP contribution in [0.2, 0.25) is 5.02 Å². The summed E-state index contributed by atoms with van der Waals surface area (Å²) in [4.78, 5) is 6.07. The maximum Gasteiger partial charge on any atom is 0.143 e. The number of hydrogen-bond donors (Lipinski definition) is 0. The van der Waals surface area contributed by atoms with Gasteiger partial charge in [0.1, 0.15) is 5.82 Å². The summed E-state index contributed by atoms with van der Waals surface area (Å²) in [6.45, 7) is 4.96. The first-order valence-corrected chi connectivity index (χ1v) is 6.53. The van der Waals surface area contributed by atoms with Crippen LogP contribution in [0.5, 0.6) is 0 Å². The summed E-state index contributed by atoms with van der Waals surface area (Å²) in [7, 11) is 0. The summed E-state index contributed by atoms with van der Waals surface area (Å²) in [6.07, 6.45) is 2.91. The van der Waals surface area contributed by atoms with Gasteiger partial charge in [0.15, 0.2) is 0 Å². The van der Waals surface area contributed by atoms with E-state index in [1.54, 1.807) is 6.20 Å². The minimum Gasteiger partial charge on any atom is -0.357 e. The SMILES string of the molecule is CC1(C)c2cc(Cl)ccc2CN1c1cncc(F)c1. The predicted octanol–water partition coefficient (Wildman–Crippen LogP) is 4.13. The molecule has 1 aliphatic heterocycles. The van der Waals surface area contributed by atoms with E-state index in [-0.39, 0.29) is 11.4 Å². The van der Waals surface area contributed by atoms with E-state index < -0.39 is 0 Å². The highest BCUT2D eigenvalue weighted by Crippen LogP contribution is 2.42. The van der Waals surface area contributed by atoms with Crippen LogP contribution in [-0.4, -0.2) is 4.98 Å². The van der Waals surface area contributed by atoms with Crippen LogP contribution in [0.15, 0.2) is 36.7 Å². The molecule has 0 unspecified atom stereocenters. The minimum atomic E-state index is -0.317. The van der Waals surface area contributed by atoms with Gasteiger partial charge < -0.3 is 4.90 Å². The van der Waals surface area contributed by atoms with Gasteiger partial charge in [0.05, 0.1) is 23.6 Å². The highest BCUT2D eigenvalue weighted by atomic mass is 35.5. The van der Waals surface area contributed by atoms with Crippen LogP contribution in [0.25, 0.3) is 0 Å². The van der Waals surface area contributed by atoms with Crippen molar-refractivity contribution in [1.82, 2.24) is 4.98 Å². The monoisotopic (exact) mass is 276 g/mol. The summed E-state index contributed by atoms with van der Waals surface area (Å²) >= 11 is 6.08. The molecule has 0 aliphatic carbocycles. The molecule has 0 fully saturated rings. The first-order chi connectivity index (χ1) is 8.98. The number of halogens is 2. The zero-order valence-corrected chi connectivity index (χ0v) is 11.6. The fraction of sp³-hybridized carbons (Fsp3) is 0.267. The lowest BCUT2D eigenvalue weighted by Gasteiger charge is -2.34. The second-order valence-electron chi connectivity index (χ2n) is 5.31. The lowest BCUT2D eigenvalue weighted by Crippen LogP contribution is -2.35. The van der Waals surface area contributed by atoms with E-state index in [9.17, 15) is 4.39 Å². The molecular weight excluding hydrogens is 263 g/mol. The third-order valence-electron chi connectivity index (χ3n) is 3.74. The summed E-state index contributed by atoms with van der Waals surface area (Å²) in [5.74, 6) is -0.317. The molecule has 1 aliphatic rings. The fourth-order valence-electron chi connectivity index (χ4n) is 2.73. The number of rotatable bonds is 1. The molecule has 0 radical (unpaired) electrons. The maximum atomic E-state index is 13.4. The molecule has 0 atom stereocenters. The Hall–Kier alpha value is -1.61.